The van der Waals surface area contributed by atoms with E-state index in [0.717, 1.165) is 0 Å². The summed E-state index contributed by atoms with van der Waals surface area (Å²) in [5.74, 6) is 5.13. The molecule has 0 bridgehead atoms. The largest absolute Gasteiger partial charge is 0.461 e. The lowest BCUT2D eigenvalue weighted by molar-refractivity contribution is 0.218. The lowest BCUT2D eigenvalue weighted by Crippen LogP contribution is -2.14. The van der Waals surface area contributed by atoms with Gasteiger partial charge in [0.25, 0.3) is 0 Å². The first-order valence-electron chi connectivity index (χ1n) is 6.00. The number of nitrogen functional groups attached to an aromatic ring is 1. The minimum Gasteiger partial charge on any atom is -0.461 e. The number of nitrogens with one attached hydrogen (secondary N) is 1. The van der Waals surface area contributed by atoms with Crippen LogP contribution in [0.15, 0.2) is 22.7 Å². The van der Waals surface area contributed by atoms with Gasteiger partial charge in [0.2, 0.25) is 5.95 Å². The Bertz CT molecular complexity index is 641. The SMILES string of the molecule is CC(C)Oc1nc(NN)nc(Oc2ccc(Br)c(F)c2)n1. The predicted octanol–water partition coefficient (Wildman–Crippen LogP) is 2.64. The number of aromatic nitrogens is 3. The zero-order valence-corrected chi connectivity index (χ0v) is 12.9. The third-order valence-corrected chi connectivity index (χ3v) is 2.81. The van der Waals surface area contributed by atoms with Crippen molar-refractivity contribution in [2.75, 3.05) is 5.43 Å². The quantitative estimate of drug-likeness (QED) is 0.627. The van der Waals surface area contributed by atoms with Crippen LogP contribution in [0.25, 0.3) is 0 Å². The number of rotatable bonds is 5. The summed E-state index contributed by atoms with van der Waals surface area (Å²) in [5.41, 5.74) is 2.28. The maximum atomic E-state index is 13.4. The highest BCUT2D eigenvalue weighted by Gasteiger charge is 2.11. The van der Waals surface area contributed by atoms with Gasteiger partial charge in [0.05, 0.1) is 10.6 Å². The van der Waals surface area contributed by atoms with E-state index in [4.69, 9.17) is 15.3 Å². The number of hydrazine groups is 1. The van der Waals surface area contributed by atoms with E-state index >= 15 is 0 Å². The summed E-state index contributed by atoms with van der Waals surface area (Å²) in [7, 11) is 0. The van der Waals surface area contributed by atoms with Gasteiger partial charge in [-0.25, -0.2) is 10.2 Å². The summed E-state index contributed by atoms with van der Waals surface area (Å²) in [4.78, 5) is 11.8. The number of nitrogens with zero attached hydrogens (tertiary/aromatic N) is 3. The molecule has 7 nitrogen and oxygen atoms in total. The number of halogens is 2. The third kappa shape index (κ3) is 4.23. The van der Waals surface area contributed by atoms with E-state index in [1.54, 1.807) is 6.07 Å². The number of nitrogens with two attached hydrogens (primary N) is 1. The first kappa shape index (κ1) is 15.4. The van der Waals surface area contributed by atoms with Gasteiger partial charge in [-0.1, -0.05) is 0 Å². The van der Waals surface area contributed by atoms with Crippen molar-refractivity contribution in [1.29, 1.82) is 0 Å². The van der Waals surface area contributed by atoms with E-state index in [9.17, 15) is 4.39 Å². The first-order chi connectivity index (χ1) is 9.97. The van der Waals surface area contributed by atoms with Gasteiger partial charge >= 0.3 is 12.0 Å². The molecule has 1 aromatic heterocycles. The average molecular weight is 358 g/mol. The lowest BCUT2D eigenvalue weighted by Gasteiger charge is -2.10. The normalized spacial score (nSPS) is 10.6. The van der Waals surface area contributed by atoms with Crippen LogP contribution in [0.1, 0.15) is 13.8 Å². The summed E-state index contributed by atoms with van der Waals surface area (Å²) in [6, 6.07) is 4.28. The molecular weight excluding hydrogens is 345 g/mol. The molecule has 1 heterocycles. The molecule has 0 saturated carbocycles. The van der Waals surface area contributed by atoms with Crippen molar-refractivity contribution >= 4 is 21.9 Å². The average Bonchev–Trinajstić information content (AvgIpc) is 2.42. The Kier molecular flexibility index (Phi) is 4.86. The van der Waals surface area contributed by atoms with Gasteiger partial charge in [0.15, 0.2) is 0 Å². The topological polar surface area (TPSA) is 95.2 Å². The van der Waals surface area contributed by atoms with E-state index < -0.39 is 5.82 Å². The molecule has 0 saturated heterocycles. The van der Waals surface area contributed by atoms with Crippen LogP contribution in [0.2, 0.25) is 0 Å². The van der Waals surface area contributed by atoms with Crippen LogP contribution in [-0.2, 0) is 0 Å². The molecule has 0 unspecified atom stereocenters. The fraction of sp³-hybridized carbons (Fsp3) is 0.250. The minimum atomic E-state index is -0.461. The molecule has 112 valence electrons. The Morgan fingerprint density at radius 3 is 2.57 bits per heavy atom. The molecule has 2 aromatic rings. The predicted molar refractivity (Wildman–Crippen MR) is 77.6 cm³/mol. The molecule has 1 aromatic carbocycles. The summed E-state index contributed by atoms with van der Waals surface area (Å²) < 4.78 is 24.5. The molecular formula is C12H13BrFN5O2. The van der Waals surface area contributed by atoms with E-state index in [-0.39, 0.29) is 29.8 Å². The fourth-order valence-corrected chi connectivity index (χ4v) is 1.60. The standard InChI is InChI=1S/C12H13BrFN5O2/c1-6(2)20-11-16-10(19-15)17-12(18-11)21-7-3-4-8(13)9(14)5-7/h3-6H,15H2,1-2H3,(H,16,17,18,19). The highest BCUT2D eigenvalue weighted by Crippen LogP contribution is 2.25. The van der Waals surface area contributed by atoms with Crippen molar-refractivity contribution in [2.45, 2.75) is 20.0 Å². The number of hydrogen-bond acceptors (Lipinski definition) is 7. The summed E-state index contributed by atoms with van der Waals surface area (Å²) in [6.07, 6.45) is -0.129. The van der Waals surface area contributed by atoms with Crippen molar-refractivity contribution in [3.05, 3.63) is 28.5 Å². The van der Waals surface area contributed by atoms with Crippen LogP contribution in [-0.4, -0.2) is 21.1 Å². The van der Waals surface area contributed by atoms with Crippen LogP contribution in [0.3, 0.4) is 0 Å². The molecule has 0 radical (unpaired) electrons. The maximum Gasteiger partial charge on any atom is 0.330 e. The molecule has 0 atom stereocenters. The molecule has 9 heteroatoms. The second kappa shape index (κ2) is 6.64. The van der Waals surface area contributed by atoms with Gasteiger partial charge < -0.3 is 9.47 Å². The van der Waals surface area contributed by atoms with Crippen LogP contribution in [0.4, 0.5) is 10.3 Å². The summed E-state index contributed by atoms with van der Waals surface area (Å²) in [6.45, 7) is 3.65. The van der Waals surface area contributed by atoms with Gasteiger partial charge in [0, 0.05) is 6.07 Å². The summed E-state index contributed by atoms with van der Waals surface area (Å²) in [5, 5.41) is 0. The smallest absolute Gasteiger partial charge is 0.330 e. The second-order valence-electron chi connectivity index (χ2n) is 4.21. The Morgan fingerprint density at radius 1 is 1.24 bits per heavy atom. The Labute approximate surface area is 128 Å². The van der Waals surface area contributed by atoms with E-state index in [1.165, 1.54) is 12.1 Å². The van der Waals surface area contributed by atoms with Crippen molar-refractivity contribution in [3.63, 3.8) is 0 Å². The van der Waals surface area contributed by atoms with E-state index in [0.29, 0.717) is 4.47 Å². The third-order valence-electron chi connectivity index (χ3n) is 2.16. The summed E-state index contributed by atoms with van der Waals surface area (Å²) >= 11 is 3.06. The zero-order valence-electron chi connectivity index (χ0n) is 11.3. The van der Waals surface area contributed by atoms with Crippen molar-refractivity contribution in [3.8, 4) is 17.8 Å². The molecule has 21 heavy (non-hydrogen) atoms. The molecule has 3 N–H and O–H groups in total. The molecule has 0 fully saturated rings. The number of ether oxygens (including phenoxy) is 2. The van der Waals surface area contributed by atoms with Gasteiger partial charge in [-0.2, -0.15) is 9.97 Å². The van der Waals surface area contributed by atoms with Gasteiger partial charge in [-0.3, -0.25) is 5.43 Å². The van der Waals surface area contributed by atoms with Crippen molar-refractivity contribution in [1.82, 2.24) is 15.0 Å². The molecule has 0 aliphatic rings. The molecule has 0 amide bonds. The van der Waals surface area contributed by atoms with Crippen LogP contribution >= 0.6 is 15.9 Å². The van der Waals surface area contributed by atoms with Crippen LogP contribution < -0.4 is 20.7 Å². The number of benzene rings is 1. The van der Waals surface area contributed by atoms with Gasteiger partial charge in [-0.05, 0) is 41.9 Å². The minimum absolute atomic E-state index is 0.0560. The Morgan fingerprint density at radius 2 is 1.95 bits per heavy atom. The Balaban J connectivity index is 2.27. The van der Waals surface area contributed by atoms with Crippen LogP contribution in [0.5, 0.6) is 17.8 Å². The second-order valence-corrected chi connectivity index (χ2v) is 5.07. The van der Waals surface area contributed by atoms with Crippen molar-refractivity contribution in [2.24, 2.45) is 5.84 Å². The molecule has 0 aliphatic heterocycles. The fourth-order valence-electron chi connectivity index (χ4n) is 1.36. The monoisotopic (exact) mass is 357 g/mol. The maximum absolute atomic E-state index is 13.4. The zero-order chi connectivity index (χ0) is 15.4. The molecule has 0 aliphatic carbocycles. The number of hydrogen-bond donors (Lipinski definition) is 2. The van der Waals surface area contributed by atoms with E-state index in [1.807, 2.05) is 13.8 Å². The first-order valence-corrected chi connectivity index (χ1v) is 6.79. The van der Waals surface area contributed by atoms with Crippen LogP contribution in [0, 0.1) is 5.82 Å². The molecule has 2 rings (SSSR count). The highest BCUT2D eigenvalue weighted by atomic mass is 79.9. The highest BCUT2D eigenvalue weighted by molar-refractivity contribution is 9.10. The number of anilines is 1. The van der Waals surface area contributed by atoms with Gasteiger partial charge in [-0.15, -0.1) is 4.98 Å². The Hall–Kier alpha value is -2.00. The van der Waals surface area contributed by atoms with E-state index in [2.05, 4.69) is 36.3 Å². The molecule has 0 spiro atoms. The van der Waals surface area contributed by atoms with Crippen molar-refractivity contribution < 1.29 is 13.9 Å². The van der Waals surface area contributed by atoms with Gasteiger partial charge in [0.1, 0.15) is 11.6 Å². The lowest BCUT2D eigenvalue weighted by atomic mass is 10.3.